The van der Waals surface area contributed by atoms with Crippen LogP contribution in [0.2, 0.25) is 0 Å². The maximum Gasteiger partial charge on any atom is 0.387 e. The Balaban J connectivity index is 2.44. The molecule has 0 aliphatic heterocycles. The summed E-state index contributed by atoms with van der Waals surface area (Å²) in [6, 6.07) is 6.55. The van der Waals surface area contributed by atoms with Crippen LogP contribution in [-0.4, -0.2) is 38.1 Å². The first kappa shape index (κ1) is 16.8. The van der Waals surface area contributed by atoms with Crippen molar-refractivity contribution in [1.82, 2.24) is 5.32 Å². The van der Waals surface area contributed by atoms with E-state index < -0.39 is 12.7 Å². The first-order valence-electron chi connectivity index (χ1n) is 6.48. The molecular formula is C14H21F2NO3. The van der Waals surface area contributed by atoms with Crippen LogP contribution in [0.5, 0.6) is 5.75 Å². The molecule has 0 heterocycles. The number of hydrogen-bond acceptors (Lipinski definition) is 4. The number of rotatable bonds is 9. The largest absolute Gasteiger partial charge is 0.435 e. The van der Waals surface area contributed by atoms with Gasteiger partial charge in [0, 0.05) is 13.2 Å². The minimum absolute atomic E-state index is 0.0223. The van der Waals surface area contributed by atoms with Crippen molar-refractivity contribution in [3.05, 3.63) is 29.8 Å². The topological polar surface area (TPSA) is 50.7 Å². The van der Waals surface area contributed by atoms with Gasteiger partial charge in [-0.2, -0.15) is 8.78 Å². The summed E-state index contributed by atoms with van der Waals surface area (Å²) in [4.78, 5) is 0. The van der Waals surface area contributed by atoms with E-state index in [9.17, 15) is 13.9 Å². The van der Waals surface area contributed by atoms with Gasteiger partial charge in [-0.1, -0.05) is 12.1 Å². The number of aliphatic hydroxyl groups is 1. The molecule has 0 aliphatic carbocycles. The molecule has 2 unspecified atom stereocenters. The Labute approximate surface area is 117 Å². The Kier molecular flexibility index (Phi) is 7.43. The summed E-state index contributed by atoms with van der Waals surface area (Å²) in [6.45, 7) is 0.00144. The first-order chi connectivity index (χ1) is 9.52. The summed E-state index contributed by atoms with van der Waals surface area (Å²) in [6.07, 6.45) is 0.0546. The van der Waals surface area contributed by atoms with Gasteiger partial charge in [-0.3, -0.25) is 0 Å². The van der Waals surface area contributed by atoms with Gasteiger partial charge in [0.2, 0.25) is 0 Å². The van der Waals surface area contributed by atoms with Gasteiger partial charge in [-0.05, 0) is 37.6 Å². The van der Waals surface area contributed by atoms with E-state index in [1.54, 1.807) is 12.1 Å². The smallest absolute Gasteiger partial charge is 0.387 e. The van der Waals surface area contributed by atoms with Crippen LogP contribution >= 0.6 is 0 Å². The lowest BCUT2D eigenvalue weighted by atomic mass is 10.1. The van der Waals surface area contributed by atoms with Crippen LogP contribution in [-0.2, 0) is 4.74 Å². The number of alkyl halides is 2. The number of hydrogen-bond donors (Lipinski definition) is 2. The number of benzene rings is 1. The number of halogens is 2. The molecule has 0 aliphatic rings. The third-order valence-corrected chi connectivity index (χ3v) is 2.87. The Bertz CT molecular complexity index is 390. The summed E-state index contributed by atoms with van der Waals surface area (Å²) in [5.41, 5.74) is 0.851. The highest BCUT2D eigenvalue weighted by Gasteiger charge is 2.10. The molecule has 1 aromatic rings. The second kappa shape index (κ2) is 8.84. The fraction of sp³-hybridized carbons (Fsp3) is 0.571. The van der Waals surface area contributed by atoms with Crippen LogP contribution in [0.15, 0.2) is 24.3 Å². The summed E-state index contributed by atoms with van der Waals surface area (Å²) in [7, 11) is 1.54. The van der Waals surface area contributed by atoms with E-state index in [0.717, 1.165) is 5.56 Å². The van der Waals surface area contributed by atoms with Crippen molar-refractivity contribution in [3.63, 3.8) is 0 Å². The van der Waals surface area contributed by atoms with Crippen LogP contribution < -0.4 is 10.1 Å². The normalized spacial score (nSPS) is 14.3. The average Bonchev–Trinajstić information content (AvgIpc) is 2.38. The molecule has 6 heteroatoms. The molecule has 2 N–H and O–H groups in total. The zero-order valence-electron chi connectivity index (χ0n) is 11.7. The molecule has 0 radical (unpaired) electrons. The van der Waals surface area contributed by atoms with Crippen LogP contribution in [0.4, 0.5) is 8.78 Å². The number of nitrogens with one attached hydrogen (secondary N) is 1. The highest BCUT2D eigenvalue weighted by Crippen LogP contribution is 2.20. The molecule has 0 fully saturated rings. The Morgan fingerprint density at radius 3 is 2.75 bits per heavy atom. The van der Waals surface area contributed by atoms with Crippen LogP contribution in [0.3, 0.4) is 0 Å². The quantitative estimate of drug-likeness (QED) is 0.732. The second-order valence-corrected chi connectivity index (χ2v) is 4.52. The second-order valence-electron chi connectivity index (χ2n) is 4.52. The number of aliphatic hydroxyl groups excluding tert-OH is 1. The number of methoxy groups -OCH3 is 1. The minimum atomic E-state index is -2.82. The molecule has 0 saturated heterocycles. The Hall–Kier alpha value is -1.24. The summed E-state index contributed by atoms with van der Waals surface area (Å²) in [5, 5.41) is 12.7. The predicted molar refractivity (Wildman–Crippen MR) is 72.0 cm³/mol. The molecule has 1 rings (SSSR count). The van der Waals surface area contributed by atoms with Crippen LogP contribution in [0, 0.1) is 0 Å². The molecule has 1 aromatic carbocycles. The van der Waals surface area contributed by atoms with Crippen molar-refractivity contribution < 1.29 is 23.4 Å². The lowest BCUT2D eigenvalue weighted by Crippen LogP contribution is -2.25. The standard InChI is InChI=1S/C14H21F2NO3/c1-10(17-7-6-12(18)9-19-2)11-4-3-5-13(8-11)20-14(15)16/h3-5,8,10,12,14,17-18H,6-7,9H2,1-2H3. The fourth-order valence-electron chi connectivity index (χ4n) is 1.82. The zero-order valence-corrected chi connectivity index (χ0v) is 11.7. The summed E-state index contributed by atoms with van der Waals surface area (Å²) < 4.78 is 33.5. The van der Waals surface area contributed by atoms with E-state index >= 15 is 0 Å². The van der Waals surface area contributed by atoms with Gasteiger partial charge < -0.3 is 19.9 Å². The van der Waals surface area contributed by atoms with E-state index in [0.29, 0.717) is 19.6 Å². The van der Waals surface area contributed by atoms with Gasteiger partial charge in [0.25, 0.3) is 0 Å². The number of ether oxygens (including phenoxy) is 2. The molecule has 0 spiro atoms. The first-order valence-corrected chi connectivity index (χ1v) is 6.48. The molecule has 0 amide bonds. The average molecular weight is 289 g/mol. The highest BCUT2D eigenvalue weighted by atomic mass is 19.3. The highest BCUT2D eigenvalue weighted by molar-refractivity contribution is 5.30. The van der Waals surface area contributed by atoms with Gasteiger partial charge in [0.1, 0.15) is 5.75 Å². The third-order valence-electron chi connectivity index (χ3n) is 2.87. The Morgan fingerprint density at radius 2 is 2.10 bits per heavy atom. The van der Waals surface area contributed by atoms with Crippen molar-refractivity contribution >= 4 is 0 Å². The maximum atomic E-state index is 12.1. The maximum absolute atomic E-state index is 12.1. The molecule has 114 valence electrons. The molecule has 2 atom stereocenters. The van der Waals surface area contributed by atoms with Crippen molar-refractivity contribution in [1.29, 1.82) is 0 Å². The van der Waals surface area contributed by atoms with Crippen LogP contribution in [0.1, 0.15) is 24.9 Å². The summed E-state index contributed by atoms with van der Waals surface area (Å²) >= 11 is 0. The van der Waals surface area contributed by atoms with Gasteiger partial charge in [-0.25, -0.2) is 0 Å². The molecular weight excluding hydrogens is 268 g/mol. The van der Waals surface area contributed by atoms with Gasteiger partial charge in [0.15, 0.2) is 0 Å². The lowest BCUT2D eigenvalue weighted by molar-refractivity contribution is -0.0499. The Morgan fingerprint density at radius 1 is 1.35 bits per heavy atom. The lowest BCUT2D eigenvalue weighted by Gasteiger charge is -2.17. The molecule has 20 heavy (non-hydrogen) atoms. The van der Waals surface area contributed by atoms with Crippen LogP contribution in [0.25, 0.3) is 0 Å². The molecule has 4 nitrogen and oxygen atoms in total. The molecule has 0 bridgehead atoms. The van der Waals surface area contributed by atoms with E-state index in [2.05, 4.69) is 10.1 Å². The monoisotopic (exact) mass is 289 g/mol. The van der Waals surface area contributed by atoms with Gasteiger partial charge in [0.05, 0.1) is 12.7 Å². The zero-order chi connectivity index (χ0) is 15.0. The van der Waals surface area contributed by atoms with E-state index in [-0.39, 0.29) is 11.8 Å². The predicted octanol–water partition coefficient (Wildman–Crippen LogP) is 2.34. The van der Waals surface area contributed by atoms with Crippen molar-refractivity contribution in [3.8, 4) is 5.75 Å². The third kappa shape index (κ3) is 6.27. The SMILES string of the molecule is COCC(O)CCNC(C)c1cccc(OC(F)F)c1. The minimum Gasteiger partial charge on any atom is -0.435 e. The van der Waals surface area contributed by atoms with Crippen molar-refractivity contribution in [2.45, 2.75) is 32.1 Å². The van der Waals surface area contributed by atoms with Crippen molar-refractivity contribution in [2.75, 3.05) is 20.3 Å². The molecule has 0 saturated carbocycles. The van der Waals surface area contributed by atoms with E-state index in [1.807, 2.05) is 13.0 Å². The van der Waals surface area contributed by atoms with Gasteiger partial charge in [-0.15, -0.1) is 0 Å². The molecule has 0 aromatic heterocycles. The van der Waals surface area contributed by atoms with E-state index in [4.69, 9.17) is 4.74 Å². The van der Waals surface area contributed by atoms with Gasteiger partial charge >= 0.3 is 6.61 Å². The van der Waals surface area contributed by atoms with E-state index in [1.165, 1.54) is 13.2 Å². The fourth-order valence-corrected chi connectivity index (χ4v) is 1.82. The summed E-state index contributed by atoms with van der Waals surface area (Å²) in [5.74, 6) is 0.144. The van der Waals surface area contributed by atoms with Crippen molar-refractivity contribution in [2.24, 2.45) is 0 Å².